The summed E-state index contributed by atoms with van der Waals surface area (Å²) in [5, 5.41) is 0.711. The van der Waals surface area contributed by atoms with Crippen LogP contribution in [0.1, 0.15) is 41.0 Å². The number of hydrogen-bond acceptors (Lipinski definition) is 2. The summed E-state index contributed by atoms with van der Waals surface area (Å²) < 4.78 is 2.10. The Hall–Kier alpha value is -1.84. The summed E-state index contributed by atoms with van der Waals surface area (Å²) in [6.07, 6.45) is 7.59. The summed E-state index contributed by atoms with van der Waals surface area (Å²) in [5.41, 5.74) is 3.80. The first-order valence-electron chi connectivity index (χ1n) is 8.94. The van der Waals surface area contributed by atoms with Crippen LogP contribution in [0.4, 0.5) is 0 Å². The lowest BCUT2D eigenvalue weighted by Gasteiger charge is -2.24. The first-order chi connectivity index (χ1) is 12.1. The molecule has 0 amide bonds. The molecule has 0 aliphatic carbocycles. The number of carbonyl (C=O) groups excluding carboxylic acids is 1. The van der Waals surface area contributed by atoms with Crippen LogP contribution < -0.4 is 0 Å². The summed E-state index contributed by atoms with van der Waals surface area (Å²) in [6.45, 7) is 7.16. The molecule has 1 fully saturated rings. The number of aromatic nitrogens is 1. The first kappa shape index (κ1) is 18.0. The molecule has 1 aromatic carbocycles. The van der Waals surface area contributed by atoms with Crippen LogP contribution in [0.3, 0.4) is 0 Å². The quantitative estimate of drug-likeness (QED) is 0.558. The van der Waals surface area contributed by atoms with Crippen LogP contribution in [-0.4, -0.2) is 34.9 Å². The molecule has 0 unspecified atom stereocenters. The van der Waals surface area contributed by atoms with E-state index in [0.717, 1.165) is 42.3 Å². The zero-order valence-corrected chi connectivity index (χ0v) is 15.7. The number of aryl methyl sites for hydroxylation is 1. The Morgan fingerprint density at radius 1 is 1.12 bits per heavy atom. The van der Waals surface area contributed by atoms with Gasteiger partial charge >= 0.3 is 0 Å². The lowest BCUT2D eigenvalue weighted by molar-refractivity contribution is 0.104. The highest BCUT2D eigenvalue weighted by Crippen LogP contribution is 2.23. The van der Waals surface area contributed by atoms with Crippen LogP contribution in [0.25, 0.3) is 5.69 Å². The average Bonchev–Trinajstić information content (AvgIpc) is 2.91. The van der Waals surface area contributed by atoms with Crippen LogP contribution >= 0.6 is 11.6 Å². The minimum atomic E-state index is 0.0744. The molecule has 3 rings (SSSR count). The Morgan fingerprint density at radius 3 is 2.48 bits per heavy atom. The molecule has 0 bridgehead atoms. The topological polar surface area (TPSA) is 25.2 Å². The molecule has 2 aromatic rings. The summed E-state index contributed by atoms with van der Waals surface area (Å²) in [7, 11) is 0. The van der Waals surface area contributed by atoms with Gasteiger partial charge in [-0.15, -0.1) is 0 Å². The molecule has 0 N–H and O–H groups in total. The van der Waals surface area contributed by atoms with Gasteiger partial charge in [0.25, 0.3) is 0 Å². The summed E-state index contributed by atoms with van der Waals surface area (Å²) >= 11 is 5.98. The number of allylic oxidation sites excluding steroid dienone is 1. The molecular formula is C21H25ClN2O. The number of ketones is 1. The molecule has 2 heterocycles. The second kappa shape index (κ2) is 8.03. The van der Waals surface area contributed by atoms with E-state index in [-0.39, 0.29) is 5.78 Å². The smallest absolute Gasteiger partial charge is 0.187 e. The molecule has 4 heteroatoms. The molecule has 132 valence electrons. The summed E-state index contributed by atoms with van der Waals surface area (Å²) in [5.74, 6) is 0.0744. The van der Waals surface area contributed by atoms with E-state index in [4.69, 9.17) is 11.6 Å². The Kier molecular flexibility index (Phi) is 5.77. The van der Waals surface area contributed by atoms with Crippen molar-refractivity contribution < 1.29 is 4.79 Å². The van der Waals surface area contributed by atoms with E-state index in [1.54, 1.807) is 6.08 Å². The molecule has 3 nitrogen and oxygen atoms in total. The molecule has 25 heavy (non-hydrogen) atoms. The predicted molar refractivity (Wildman–Crippen MR) is 104 cm³/mol. The molecule has 1 aliphatic rings. The molecule has 1 aromatic heterocycles. The fourth-order valence-electron chi connectivity index (χ4n) is 3.54. The van der Waals surface area contributed by atoms with Gasteiger partial charge in [-0.05, 0) is 76.2 Å². The largest absolute Gasteiger partial charge is 0.318 e. The van der Waals surface area contributed by atoms with Crippen LogP contribution in [0, 0.1) is 13.8 Å². The first-order valence-corrected chi connectivity index (χ1v) is 9.32. The number of benzene rings is 1. The van der Waals surface area contributed by atoms with Gasteiger partial charge in [-0.3, -0.25) is 9.69 Å². The van der Waals surface area contributed by atoms with Crippen molar-refractivity contribution in [3.8, 4) is 5.69 Å². The highest BCUT2D eigenvalue weighted by atomic mass is 35.5. The van der Waals surface area contributed by atoms with Crippen molar-refractivity contribution >= 4 is 17.4 Å². The zero-order valence-electron chi connectivity index (χ0n) is 15.0. The van der Waals surface area contributed by atoms with Gasteiger partial charge in [0.15, 0.2) is 5.78 Å². The van der Waals surface area contributed by atoms with E-state index in [1.165, 1.54) is 19.3 Å². The molecule has 0 radical (unpaired) electrons. The Balaban J connectivity index is 1.75. The Morgan fingerprint density at radius 2 is 1.80 bits per heavy atom. The van der Waals surface area contributed by atoms with Crippen molar-refractivity contribution in [1.82, 2.24) is 9.47 Å². The lowest BCUT2D eigenvalue weighted by Crippen LogP contribution is -2.29. The van der Waals surface area contributed by atoms with Gasteiger partial charge in [-0.2, -0.15) is 0 Å². The fraction of sp³-hybridized carbons (Fsp3) is 0.381. The third-order valence-corrected chi connectivity index (χ3v) is 5.11. The number of rotatable bonds is 5. The van der Waals surface area contributed by atoms with Gasteiger partial charge in [0.05, 0.1) is 0 Å². The summed E-state index contributed by atoms with van der Waals surface area (Å²) in [6, 6.07) is 9.66. The van der Waals surface area contributed by atoms with Crippen LogP contribution in [-0.2, 0) is 0 Å². The van der Waals surface area contributed by atoms with Crippen molar-refractivity contribution in [1.29, 1.82) is 0 Å². The zero-order chi connectivity index (χ0) is 17.8. The maximum absolute atomic E-state index is 12.6. The Labute approximate surface area is 154 Å². The molecule has 0 atom stereocenters. The van der Waals surface area contributed by atoms with Crippen LogP contribution in [0.15, 0.2) is 42.5 Å². The number of likely N-dealkylation sites (tertiary alicyclic amines) is 1. The molecule has 1 aliphatic heterocycles. The van der Waals surface area contributed by atoms with Crippen molar-refractivity contribution in [3.63, 3.8) is 0 Å². The average molecular weight is 357 g/mol. The van der Waals surface area contributed by atoms with Gasteiger partial charge in [-0.1, -0.05) is 24.1 Å². The minimum absolute atomic E-state index is 0.0744. The minimum Gasteiger partial charge on any atom is -0.318 e. The van der Waals surface area contributed by atoms with E-state index < -0.39 is 0 Å². The van der Waals surface area contributed by atoms with E-state index in [1.807, 2.05) is 50.3 Å². The predicted octanol–water partition coefficient (Wildman–Crippen LogP) is 4.97. The highest BCUT2D eigenvalue weighted by molar-refractivity contribution is 6.30. The summed E-state index contributed by atoms with van der Waals surface area (Å²) in [4.78, 5) is 15.0. The molecule has 0 saturated carbocycles. The second-order valence-electron chi connectivity index (χ2n) is 6.72. The van der Waals surface area contributed by atoms with Gasteiger partial charge in [0.1, 0.15) is 0 Å². The van der Waals surface area contributed by atoms with Crippen LogP contribution in [0.2, 0.25) is 5.02 Å². The number of carbonyl (C=O) groups is 1. The molecular weight excluding hydrogens is 332 g/mol. The highest BCUT2D eigenvalue weighted by Gasteiger charge is 2.15. The number of hydrogen-bond donors (Lipinski definition) is 0. The molecule has 0 spiro atoms. The fourth-order valence-corrected chi connectivity index (χ4v) is 3.67. The third kappa shape index (κ3) is 4.23. The van der Waals surface area contributed by atoms with Crippen molar-refractivity contribution in [3.05, 3.63) is 64.5 Å². The maximum atomic E-state index is 12.6. The maximum Gasteiger partial charge on any atom is 0.187 e. The second-order valence-corrected chi connectivity index (χ2v) is 7.16. The van der Waals surface area contributed by atoms with E-state index >= 15 is 0 Å². The monoisotopic (exact) mass is 356 g/mol. The SMILES string of the molecule is Cc1cc(C(=O)/C=C/CN2CCCCC2)c(C)n1-c1ccc(Cl)cc1. The Bertz CT molecular complexity index is 768. The third-order valence-electron chi connectivity index (χ3n) is 4.86. The number of halogens is 1. The van der Waals surface area contributed by atoms with Gasteiger partial charge in [0, 0.05) is 34.2 Å². The van der Waals surface area contributed by atoms with E-state index in [0.29, 0.717) is 5.02 Å². The van der Waals surface area contributed by atoms with Crippen molar-refractivity contribution in [2.24, 2.45) is 0 Å². The standard InChI is InChI=1S/C21H25ClN2O/c1-16-15-20(17(2)24(16)19-10-8-18(22)9-11-19)21(25)7-6-14-23-12-4-3-5-13-23/h6-11,15H,3-5,12-14H2,1-2H3/b7-6+. The van der Waals surface area contributed by atoms with E-state index in [2.05, 4.69) is 9.47 Å². The van der Waals surface area contributed by atoms with E-state index in [9.17, 15) is 4.79 Å². The molecule has 1 saturated heterocycles. The van der Waals surface area contributed by atoms with Gasteiger partial charge in [0.2, 0.25) is 0 Å². The van der Waals surface area contributed by atoms with Crippen LogP contribution in [0.5, 0.6) is 0 Å². The van der Waals surface area contributed by atoms with Crippen molar-refractivity contribution in [2.75, 3.05) is 19.6 Å². The van der Waals surface area contributed by atoms with Gasteiger partial charge in [-0.25, -0.2) is 0 Å². The normalized spacial score (nSPS) is 15.8. The number of nitrogens with zero attached hydrogens (tertiary/aromatic N) is 2. The van der Waals surface area contributed by atoms with Gasteiger partial charge < -0.3 is 4.57 Å². The van der Waals surface area contributed by atoms with Crippen molar-refractivity contribution in [2.45, 2.75) is 33.1 Å². The lowest BCUT2D eigenvalue weighted by atomic mass is 10.1. The number of piperidine rings is 1.